The van der Waals surface area contributed by atoms with Gasteiger partial charge in [-0.3, -0.25) is 9.59 Å². The van der Waals surface area contributed by atoms with E-state index in [0.29, 0.717) is 27.8 Å². The van der Waals surface area contributed by atoms with Crippen molar-refractivity contribution < 1.29 is 18.7 Å². The molecule has 1 N–H and O–H groups in total. The highest BCUT2D eigenvalue weighted by Crippen LogP contribution is 2.29. The number of halogens is 1. The van der Waals surface area contributed by atoms with Crippen molar-refractivity contribution in [3.8, 4) is 11.1 Å². The molecule has 33 heavy (non-hydrogen) atoms. The molecule has 0 aliphatic carbocycles. The Bertz CT molecular complexity index is 1250. The van der Waals surface area contributed by atoms with Crippen LogP contribution in [0.1, 0.15) is 47.8 Å². The Morgan fingerprint density at radius 1 is 1.03 bits per heavy atom. The maximum absolute atomic E-state index is 13.3. The van der Waals surface area contributed by atoms with Gasteiger partial charge in [0.2, 0.25) is 0 Å². The summed E-state index contributed by atoms with van der Waals surface area (Å²) in [5.74, 6) is -0.700. The highest BCUT2D eigenvalue weighted by atomic mass is 19.1. The third kappa shape index (κ3) is 5.94. The molecule has 0 bridgehead atoms. The number of nitrogens with zero attached hydrogens (tertiary/aromatic N) is 1. The molecule has 3 rings (SSSR count). The van der Waals surface area contributed by atoms with E-state index in [-0.39, 0.29) is 17.9 Å². The molecule has 0 spiro atoms. The van der Waals surface area contributed by atoms with Crippen molar-refractivity contribution in [2.45, 2.75) is 39.8 Å². The number of hydrogen-bond donors (Lipinski definition) is 1. The first-order chi connectivity index (χ1) is 15.4. The molecule has 172 valence electrons. The van der Waals surface area contributed by atoms with Gasteiger partial charge in [0.15, 0.2) is 5.78 Å². The van der Waals surface area contributed by atoms with Crippen LogP contribution in [0.4, 0.5) is 9.18 Å². The minimum absolute atomic E-state index is 0.0401. The van der Waals surface area contributed by atoms with E-state index < -0.39 is 17.5 Å². The van der Waals surface area contributed by atoms with Crippen molar-refractivity contribution in [2.24, 2.45) is 7.05 Å². The standard InChI is InChI=1S/C26H27FN2O4/c1-16-6-11-20(24(31)17-7-9-19(27)10-8-17)21(12-16)22-15-29(5)23(30)13-18(22)14-28-25(32)33-26(2,3)4/h6-13,15H,14H2,1-5H3,(H,28,32). The minimum atomic E-state index is -0.662. The fraction of sp³-hybridized carbons (Fsp3) is 0.269. The second-order valence-electron chi connectivity index (χ2n) is 8.90. The van der Waals surface area contributed by atoms with Crippen molar-refractivity contribution in [1.29, 1.82) is 0 Å². The van der Waals surface area contributed by atoms with Gasteiger partial charge in [-0.15, -0.1) is 0 Å². The van der Waals surface area contributed by atoms with E-state index in [9.17, 15) is 18.8 Å². The fourth-order valence-corrected chi connectivity index (χ4v) is 3.37. The largest absolute Gasteiger partial charge is 0.444 e. The van der Waals surface area contributed by atoms with Gasteiger partial charge in [0.1, 0.15) is 11.4 Å². The lowest BCUT2D eigenvalue weighted by Gasteiger charge is -2.20. The number of ether oxygens (including phenoxy) is 1. The lowest BCUT2D eigenvalue weighted by Crippen LogP contribution is -2.32. The summed E-state index contributed by atoms with van der Waals surface area (Å²) < 4.78 is 20.1. The molecule has 0 aliphatic rings. The third-order valence-electron chi connectivity index (χ3n) is 4.95. The average molecular weight is 451 g/mol. The second-order valence-corrected chi connectivity index (χ2v) is 8.90. The number of aryl methyl sites for hydroxylation is 2. The molecule has 0 atom stereocenters. The molecule has 0 saturated heterocycles. The van der Waals surface area contributed by atoms with E-state index in [1.54, 1.807) is 40.1 Å². The van der Waals surface area contributed by atoms with Crippen LogP contribution in [-0.4, -0.2) is 22.0 Å². The van der Waals surface area contributed by atoms with Crippen LogP contribution < -0.4 is 10.9 Å². The van der Waals surface area contributed by atoms with Gasteiger partial charge in [0.25, 0.3) is 5.56 Å². The molecular weight excluding hydrogens is 423 g/mol. The van der Waals surface area contributed by atoms with Crippen LogP contribution in [0.2, 0.25) is 0 Å². The van der Waals surface area contributed by atoms with E-state index >= 15 is 0 Å². The number of benzene rings is 2. The number of aromatic nitrogens is 1. The molecule has 7 heteroatoms. The van der Waals surface area contributed by atoms with Gasteiger partial charge in [-0.1, -0.05) is 23.8 Å². The van der Waals surface area contributed by atoms with Crippen LogP contribution in [-0.2, 0) is 18.3 Å². The van der Waals surface area contributed by atoms with Gasteiger partial charge in [0, 0.05) is 42.5 Å². The Labute approximate surface area is 192 Å². The Hall–Kier alpha value is -3.74. The maximum atomic E-state index is 13.3. The summed E-state index contributed by atoms with van der Waals surface area (Å²) in [6, 6.07) is 12.2. The quantitative estimate of drug-likeness (QED) is 0.569. The van der Waals surface area contributed by atoms with Crippen molar-refractivity contribution >= 4 is 11.9 Å². The number of hydrogen-bond acceptors (Lipinski definition) is 4. The highest BCUT2D eigenvalue weighted by molar-refractivity contribution is 6.13. The zero-order valence-electron chi connectivity index (χ0n) is 19.4. The molecule has 1 heterocycles. The van der Waals surface area contributed by atoms with Crippen LogP contribution in [0.5, 0.6) is 0 Å². The zero-order chi connectivity index (χ0) is 24.3. The van der Waals surface area contributed by atoms with Crippen molar-refractivity contribution in [1.82, 2.24) is 9.88 Å². The van der Waals surface area contributed by atoms with Gasteiger partial charge in [0.05, 0.1) is 0 Å². The Kier molecular flexibility index (Phi) is 6.81. The fourth-order valence-electron chi connectivity index (χ4n) is 3.37. The van der Waals surface area contributed by atoms with Crippen LogP contribution in [0.15, 0.2) is 59.5 Å². The SMILES string of the molecule is Cc1ccc(C(=O)c2ccc(F)cc2)c(-c2cn(C)c(=O)cc2CNC(=O)OC(C)(C)C)c1. The van der Waals surface area contributed by atoms with Crippen LogP contribution >= 0.6 is 0 Å². The van der Waals surface area contributed by atoms with Crippen LogP contribution in [0.3, 0.4) is 0 Å². The van der Waals surface area contributed by atoms with Gasteiger partial charge in [-0.05, 0) is 63.1 Å². The second kappa shape index (κ2) is 9.40. The number of carbonyl (C=O) groups is 2. The summed E-state index contributed by atoms with van der Waals surface area (Å²) in [6.07, 6.45) is 1.03. The summed E-state index contributed by atoms with van der Waals surface area (Å²) >= 11 is 0. The van der Waals surface area contributed by atoms with Crippen molar-refractivity contribution in [3.05, 3.63) is 93.2 Å². The molecular formula is C26H27FN2O4. The average Bonchev–Trinajstić information content (AvgIpc) is 2.73. The van der Waals surface area contributed by atoms with Gasteiger partial charge in [-0.2, -0.15) is 0 Å². The maximum Gasteiger partial charge on any atom is 0.407 e. The summed E-state index contributed by atoms with van der Waals surface area (Å²) in [6.45, 7) is 7.22. The highest BCUT2D eigenvalue weighted by Gasteiger charge is 2.20. The molecule has 1 amide bonds. The van der Waals surface area contributed by atoms with E-state index in [0.717, 1.165) is 5.56 Å². The van der Waals surface area contributed by atoms with Crippen molar-refractivity contribution in [3.63, 3.8) is 0 Å². The zero-order valence-corrected chi connectivity index (χ0v) is 19.4. The van der Waals surface area contributed by atoms with E-state index in [1.807, 2.05) is 19.1 Å². The number of alkyl carbamates (subject to hydrolysis) is 1. The number of amides is 1. The number of nitrogens with one attached hydrogen (secondary N) is 1. The molecule has 2 aromatic carbocycles. The van der Waals surface area contributed by atoms with E-state index in [2.05, 4.69) is 5.32 Å². The summed E-state index contributed by atoms with van der Waals surface area (Å²) in [5.41, 5.74) is 2.54. The molecule has 0 unspecified atom stereocenters. The lowest BCUT2D eigenvalue weighted by molar-refractivity contribution is 0.0523. The first-order valence-electron chi connectivity index (χ1n) is 10.5. The lowest BCUT2D eigenvalue weighted by atomic mass is 9.91. The Morgan fingerprint density at radius 2 is 1.70 bits per heavy atom. The summed E-state index contributed by atoms with van der Waals surface area (Å²) in [7, 11) is 1.62. The van der Waals surface area contributed by atoms with Gasteiger partial charge < -0.3 is 14.6 Å². The van der Waals surface area contributed by atoms with Crippen LogP contribution in [0, 0.1) is 12.7 Å². The molecule has 6 nitrogen and oxygen atoms in total. The van der Waals surface area contributed by atoms with Crippen LogP contribution in [0.25, 0.3) is 11.1 Å². The number of ketones is 1. The molecule has 0 aliphatic heterocycles. The number of pyridine rings is 1. The summed E-state index contributed by atoms with van der Waals surface area (Å²) in [5, 5.41) is 2.68. The number of carbonyl (C=O) groups excluding carboxylic acids is 2. The minimum Gasteiger partial charge on any atom is -0.444 e. The van der Waals surface area contributed by atoms with Gasteiger partial charge in [-0.25, -0.2) is 9.18 Å². The van der Waals surface area contributed by atoms with Crippen molar-refractivity contribution in [2.75, 3.05) is 0 Å². The van der Waals surface area contributed by atoms with E-state index in [1.165, 1.54) is 34.9 Å². The molecule has 3 aromatic rings. The predicted octanol–water partition coefficient (Wildman–Crippen LogP) is 4.76. The molecule has 0 fully saturated rings. The first-order valence-corrected chi connectivity index (χ1v) is 10.5. The first kappa shape index (κ1) is 23.9. The third-order valence-corrected chi connectivity index (χ3v) is 4.95. The molecule has 0 saturated carbocycles. The number of rotatable bonds is 5. The monoisotopic (exact) mass is 450 g/mol. The van der Waals surface area contributed by atoms with E-state index in [4.69, 9.17) is 4.74 Å². The Balaban J connectivity index is 2.07. The summed E-state index contributed by atoms with van der Waals surface area (Å²) in [4.78, 5) is 37.8. The molecule has 0 radical (unpaired) electrons. The normalized spacial score (nSPS) is 11.2. The van der Waals surface area contributed by atoms with Gasteiger partial charge >= 0.3 is 6.09 Å². The topological polar surface area (TPSA) is 77.4 Å². The predicted molar refractivity (Wildman–Crippen MR) is 125 cm³/mol. The smallest absolute Gasteiger partial charge is 0.407 e. The molecule has 1 aromatic heterocycles. The Morgan fingerprint density at radius 3 is 2.33 bits per heavy atom.